The number of fused-ring (bicyclic) bond motifs is 2. The summed E-state index contributed by atoms with van der Waals surface area (Å²) in [5, 5.41) is 15.8. The molecule has 9 heteroatoms. The van der Waals surface area contributed by atoms with Crippen molar-refractivity contribution in [3.05, 3.63) is 88.0 Å². The van der Waals surface area contributed by atoms with Gasteiger partial charge < -0.3 is 0 Å². The first kappa shape index (κ1) is 17.3. The van der Waals surface area contributed by atoms with Crippen LogP contribution in [0.4, 0.5) is 5.69 Å². The first-order chi connectivity index (χ1) is 13.9. The molecule has 3 aromatic carbocycles. The van der Waals surface area contributed by atoms with Gasteiger partial charge in [-0.3, -0.25) is 14.9 Å². The average Bonchev–Trinajstić information content (AvgIpc) is 3.13. The highest BCUT2D eigenvalue weighted by molar-refractivity contribution is 7.90. The van der Waals surface area contributed by atoms with Gasteiger partial charge in [0.15, 0.2) is 5.78 Å². The lowest BCUT2D eigenvalue weighted by Gasteiger charge is -2.13. The number of ketones is 1. The molecule has 1 heterocycles. The number of nitro groups is 1. The number of nitrogens with zero attached hydrogens (tertiary/aromatic N) is 3. The third kappa shape index (κ3) is 2.34. The topological polar surface area (TPSA) is 112 Å². The zero-order chi connectivity index (χ0) is 20.3. The first-order valence-electron chi connectivity index (χ1n) is 8.55. The van der Waals surface area contributed by atoms with Gasteiger partial charge in [-0.1, -0.05) is 42.5 Å². The molecule has 0 N–H and O–H groups in total. The summed E-state index contributed by atoms with van der Waals surface area (Å²) in [7, 11) is -4.23. The van der Waals surface area contributed by atoms with E-state index >= 15 is 0 Å². The van der Waals surface area contributed by atoms with E-state index in [1.807, 2.05) is 0 Å². The molecule has 0 unspecified atom stereocenters. The Morgan fingerprint density at radius 3 is 2.34 bits per heavy atom. The highest BCUT2D eigenvalue weighted by atomic mass is 32.2. The molecule has 8 nitrogen and oxygen atoms in total. The van der Waals surface area contributed by atoms with Gasteiger partial charge in [0.1, 0.15) is 5.69 Å². The van der Waals surface area contributed by atoms with Crippen molar-refractivity contribution >= 4 is 32.4 Å². The molecule has 29 heavy (non-hydrogen) atoms. The van der Waals surface area contributed by atoms with E-state index in [2.05, 4.69) is 5.10 Å². The van der Waals surface area contributed by atoms with E-state index in [1.54, 1.807) is 42.5 Å². The van der Waals surface area contributed by atoms with Gasteiger partial charge in [-0.2, -0.15) is 17.6 Å². The van der Waals surface area contributed by atoms with Crippen LogP contribution in [-0.4, -0.2) is 28.3 Å². The third-order valence-electron chi connectivity index (χ3n) is 4.90. The van der Waals surface area contributed by atoms with Crippen LogP contribution in [0.1, 0.15) is 15.9 Å². The molecule has 0 saturated carbocycles. The minimum Gasteiger partial charge on any atom is -0.289 e. The fraction of sp³-hybridized carbons (Fsp3) is 0. The molecule has 5 rings (SSSR count). The van der Waals surface area contributed by atoms with Gasteiger partial charge in [0.2, 0.25) is 0 Å². The van der Waals surface area contributed by atoms with Crippen LogP contribution in [0.2, 0.25) is 0 Å². The Hall–Kier alpha value is -3.85. The number of rotatable bonds is 3. The van der Waals surface area contributed by atoms with Gasteiger partial charge >= 0.3 is 0 Å². The number of aromatic nitrogens is 2. The van der Waals surface area contributed by atoms with Crippen molar-refractivity contribution in [1.82, 2.24) is 9.19 Å². The zero-order valence-electron chi connectivity index (χ0n) is 14.6. The Labute approximate surface area is 164 Å². The smallest absolute Gasteiger partial charge is 0.283 e. The van der Waals surface area contributed by atoms with E-state index in [1.165, 1.54) is 18.2 Å². The Bertz CT molecular complexity index is 1470. The molecule has 1 aliphatic carbocycles. The highest BCUT2D eigenvalue weighted by Crippen LogP contribution is 2.39. The van der Waals surface area contributed by atoms with Gasteiger partial charge in [0, 0.05) is 34.2 Å². The van der Waals surface area contributed by atoms with Crippen LogP contribution in [0, 0.1) is 10.1 Å². The van der Waals surface area contributed by atoms with E-state index in [0.29, 0.717) is 27.8 Å². The van der Waals surface area contributed by atoms with Crippen LogP contribution in [0.5, 0.6) is 0 Å². The molecule has 142 valence electrons. The molecular formula is C20H11N3O5S. The van der Waals surface area contributed by atoms with Gasteiger partial charge in [-0.05, 0) is 12.1 Å². The van der Waals surface area contributed by atoms with Crippen molar-refractivity contribution in [1.29, 1.82) is 0 Å². The number of hydrogen-bond acceptors (Lipinski definition) is 6. The van der Waals surface area contributed by atoms with E-state index in [4.69, 9.17) is 0 Å². The van der Waals surface area contributed by atoms with Crippen molar-refractivity contribution in [2.24, 2.45) is 0 Å². The molecular weight excluding hydrogens is 394 g/mol. The predicted molar refractivity (Wildman–Crippen MR) is 104 cm³/mol. The highest BCUT2D eigenvalue weighted by Gasteiger charge is 2.32. The molecule has 0 fully saturated rings. The molecule has 0 aliphatic heterocycles. The summed E-state index contributed by atoms with van der Waals surface area (Å²) in [4.78, 5) is 23.0. The SMILES string of the molecule is O=C1c2ccccc2-c2nn(S(=O)(=O)c3cccc([N+](=O)[O-])c3)c3cccc1c23. The maximum absolute atomic E-state index is 13.3. The molecule has 0 amide bonds. The van der Waals surface area contributed by atoms with Crippen LogP contribution in [0.15, 0.2) is 71.6 Å². The predicted octanol–water partition coefficient (Wildman–Crippen LogP) is 3.39. The van der Waals surface area contributed by atoms with Gasteiger partial charge in [-0.25, -0.2) is 0 Å². The Morgan fingerprint density at radius 2 is 1.59 bits per heavy atom. The number of hydrogen-bond donors (Lipinski definition) is 0. The number of non-ortho nitro benzene ring substituents is 1. The summed E-state index contributed by atoms with van der Waals surface area (Å²) in [6.45, 7) is 0. The lowest BCUT2D eigenvalue weighted by Crippen LogP contribution is -2.14. The summed E-state index contributed by atoms with van der Waals surface area (Å²) in [5.74, 6) is -0.203. The summed E-state index contributed by atoms with van der Waals surface area (Å²) < 4.78 is 27.4. The summed E-state index contributed by atoms with van der Waals surface area (Å²) in [6, 6.07) is 16.5. The average molecular weight is 405 g/mol. The molecule has 4 aromatic rings. The maximum atomic E-state index is 13.3. The standard InChI is InChI=1S/C20H11N3O5S/c24-20-15-8-2-1-7-14(15)19-18-16(20)9-4-10-17(18)22(21-19)29(27,28)13-6-3-5-12(11-13)23(25)26/h1-11H. The van der Waals surface area contributed by atoms with E-state index in [9.17, 15) is 23.3 Å². The fourth-order valence-corrected chi connectivity index (χ4v) is 4.91. The number of nitro benzene ring substituents is 1. The second-order valence-corrected chi connectivity index (χ2v) is 8.29. The first-order valence-corrected chi connectivity index (χ1v) is 9.99. The quantitative estimate of drug-likeness (QED) is 0.336. The third-order valence-corrected chi connectivity index (χ3v) is 6.48. The van der Waals surface area contributed by atoms with Crippen molar-refractivity contribution < 1.29 is 18.1 Å². The van der Waals surface area contributed by atoms with Crippen molar-refractivity contribution in [2.45, 2.75) is 4.90 Å². The number of carbonyl (C=O) groups excluding carboxylic acids is 1. The Balaban J connectivity index is 1.83. The van der Waals surface area contributed by atoms with E-state index in [0.717, 1.165) is 10.2 Å². The molecule has 0 bridgehead atoms. The van der Waals surface area contributed by atoms with Crippen LogP contribution >= 0.6 is 0 Å². The molecule has 1 aromatic heterocycles. The van der Waals surface area contributed by atoms with Crippen LogP contribution in [0.25, 0.3) is 22.2 Å². The van der Waals surface area contributed by atoms with Gasteiger partial charge in [0.25, 0.3) is 15.7 Å². The fourth-order valence-electron chi connectivity index (χ4n) is 3.59. The summed E-state index contributed by atoms with van der Waals surface area (Å²) in [5.41, 5.74) is 1.66. The maximum Gasteiger partial charge on any atom is 0.283 e. The number of carbonyl (C=O) groups is 1. The second kappa shape index (κ2) is 5.82. The van der Waals surface area contributed by atoms with Crippen LogP contribution in [-0.2, 0) is 10.0 Å². The Morgan fingerprint density at radius 1 is 0.897 bits per heavy atom. The Kier molecular flexibility index (Phi) is 3.47. The molecule has 0 saturated heterocycles. The molecule has 0 radical (unpaired) electrons. The lowest BCUT2D eigenvalue weighted by atomic mass is 9.87. The molecule has 1 aliphatic rings. The van der Waals surface area contributed by atoms with Crippen molar-refractivity contribution in [3.8, 4) is 11.3 Å². The van der Waals surface area contributed by atoms with Gasteiger partial charge in [0.05, 0.1) is 15.3 Å². The van der Waals surface area contributed by atoms with Crippen molar-refractivity contribution in [2.75, 3.05) is 0 Å². The lowest BCUT2D eigenvalue weighted by molar-refractivity contribution is -0.385. The summed E-state index contributed by atoms with van der Waals surface area (Å²) >= 11 is 0. The van der Waals surface area contributed by atoms with E-state index < -0.39 is 14.9 Å². The van der Waals surface area contributed by atoms with E-state index in [-0.39, 0.29) is 21.9 Å². The van der Waals surface area contributed by atoms with Crippen LogP contribution < -0.4 is 0 Å². The largest absolute Gasteiger partial charge is 0.289 e. The second-order valence-electron chi connectivity index (χ2n) is 6.53. The molecule has 0 atom stereocenters. The summed E-state index contributed by atoms with van der Waals surface area (Å²) in [6.07, 6.45) is 0. The van der Waals surface area contributed by atoms with Crippen molar-refractivity contribution in [3.63, 3.8) is 0 Å². The van der Waals surface area contributed by atoms with Crippen LogP contribution in [0.3, 0.4) is 0 Å². The minimum atomic E-state index is -4.23. The number of benzene rings is 3. The monoisotopic (exact) mass is 405 g/mol. The minimum absolute atomic E-state index is 0.203. The zero-order valence-corrected chi connectivity index (χ0v) is 15.5. The van der Waals surface area contributed by atoms with Gasteiger partial charge in [-0.15, -0.1) is 0 Å². The molecule has 0 spiro atoms. The normalized spacial score (nSPS) is 12.8.